The number of aryl methyl sites for hydroxylation is 1. The number of furan rings is 1. The van der Waals surface area contributed by atoms with Gasteiger partial charge >= 0.3 is 0 Å². The van der Waals surface area contributed by atoms with E-state index in [-0.39, 0.29) is 18.0 Å². The summed E-state index contributed by atoms with van der Waals surface area (Å²) in [5, 5.41) is 2.81. The topological polar surface area (TPSA) is 71.5 Å². The Morgan fingerprint density at radius 2 is 2.29 bits per heavy atom. The molecule has 5 heteroatoms. The van der Waals surface area contributed by atoms with Crippen LogP contribution in [-0.2, 0) is 4.79 Å². The maximum Gasteiger partial charge on any atom is 0.234 e. The number of carbonyl (C=O) groups excluding carboxylic acids is 1. The first kappa shape index (κ1) is 12.1. The largest absolute Gasteiger partial charge is 0.465 e. The Morgan fingerprint density at radius 1 is 1.53 bits per heavy atom. The first-order valence-corrected chi connectivity index (χ1v) is 5.90. The van der Waals surface area contributed by atoms with Gasteiger partial charge in [-0.1, -0.05) is 0 Å². The zero-order chi connectivity index (χ0) is 12.4. The fraction of sp³-hybridized carbons (Fsp3) is 0.583. The van der Waals surface area contributed by atoms with Gasteiger partial charge in [-0.3, -0.25) is 9.69 Å². The third-order valence-corrected chi connectivity index (χ3v) is 3.01. The molecule has 94 valence electrons. The molecule has 1 aromatic rings. The van der Waals surface area contributed by atoms with Crippen molar-refractivity contribution < 1.29 is 9.21 Å². The lowest BCUT2D eigenvalue weighted by atomic mass is 10.1. The van der Waals surface area contributed by atoms with E-state index >= 15 is 0 Å². The van der Waals surface area contributed by atoms with Crippen molar-refractivity contribution in [2.75, 3.05) is 19.6 Å². The summed E-state index contributed by atoms with van der Waals surface area (Å²) in [7, 11) is 0. The highest BCUT2D eigenvalue weighted by molar-refractivity contribution is 5.78. The summed E-state index contributed by atoms with van der Waals surface area (Å²) in [5.74, 6) is 1.75. The standard InChI is InChI=1S/C12H19N3O2/c1-8-3-4-10(17-8)12(9(2)13)15-6-5-14-11(16)7-15/h3-4,9,12H,5-7,13H2,1-2H3,(H,14,16). The first-order chi connectivity index (χ1) is 8.08. The summed E-state index contributed by atoms with van der Waals surface area (Å²) in [6.07, 6.45) is 0. The zero-order valence-corrected chi connectivity index (χ0v) is 10.3. The number of hydrogen-bond donors (Lipinski definition) is 2. The van der Waals surface area contributed by atoms with Crippen LogP contribution < -0.4 is 11.1 Å². The molecule has 17 heavy (non-hydrogen) atoms. The molecule has 1 fully saturated rings. The van der Waals surface area contributed by atoms with Gasteiger partial charge in [0, 0.05) is 19.1 Å². The van der Waals surface area contributed by atoms with Crippen molar-refractivity contribution in [3.05, 3.63) is 23.7 Å². The minimum atomic E-state index is -0.0774. The van der Waals surface area contributed by atoms with Crippen LogP contribution in [0.1, 0.15) is 24.5 Å². The zero-order valence-electron chi connectivity index (χ0n) is 10.3. The summed E-state index contributed by atoms with van der Waals surface area (Å²) in [5.41, 5.74) is 6.02. The molecule has 1 aliphatic rings. The summed E-state index contributed by atoms with van der Waals surface area (Å²) in [4.78, 5) is 13.5. The van der Waals surface area contributed by atoms with Crippen molar-refractivity contribution in [3.63, 3.8) is 0 Å². The number of nitrogens with one attached hydrogen (secondary N) is 1. The lowest BCUT2D eigenvalue weighted by molar-refractivity contribution is -0.125. The van der Waals surface area contributed by atoms with E-state index in [1.165, 1.54) is 0 Å². The lowest BCUT2D eigenvalue weighted by Gasteiger charge is -2.35. The fourth-order valence-electron chi connectivity index (χ4n) is 2.28. The molecule has 0 aliphatic carbocycles. The van der Waals surface area contributed by atoms with E-state index in [1.54, 1.807) is 0 Å². The molecule has 1 aliphatic heterocycles. The van der Waals surface area contributed by atoms with E-state index in [2.05, 4.69) is 10.2 Å². The SMILES string of the molecule is Cc1ccc(C(C(C)N)N2CCNC(=O)C2)o1. The second kappa shape index (κ2) is 4.89. The molecule has 1 saturated heterocycles. The minimum Gasteiger partial charge on any atom is -0.465 e. The van der Waals surface area contributed by atoms with Crippen LogP contribution in [0.15, 0.2) is 16.5 Å². The second-order valence-corrected chi connectivity index (χ2v) is 4.57. The van der Waals surface area contributed by atoms with Crippen LogP contribution in [0, 0.1) is 6.92 Å². The van der Waals surface area contributed by atoms with Crippen molar-refractivity contribution in [2.24, 2.45) is 5.73 Å². The number of nitrogens with zero attached hydrogens (tertiary/aromatic N) is 1. The molecule has 0 radical (unpaired) electrons. The van der Waals surface area contributed by atoms with Gasteiger partial charge in [0.05, 0.1) is 12.6 Å². The van der Waals surface area contributed by atoms with Crippen LogP contribution >= 0.6 is 0 Å². The van der Waals surface area contributed by atoms with Crippen LogP contribution in [0.3, 0.4) is 0 Å². The molecular weight excluding hydrogens is 218 g/mol. The van der Waals surface area contributed by atoms with E-state index in [4.69, 9.17) is 10.2 Å². The minimum absolute atomic E-state index is 0.0326. The Hall–Kier alpha value is -1.33. The molecule has 3 N–H and O–H groups in total. The van der Waals surface area contributed by atoms with E-state index < -0.39 is 0 Å². The molecule has 1 amide bonds. The van der Waals surface area contributed by atoms with Crippen molar-refractivity contribution in [1.29, 1.82) is 0 Å². The molecule has 2 heterocycles. The van der Waals surface area contributed by atoms with E-state index in [1.807, 2.05) is 26.0 Å². The summed E-state index contributed by atoms with van der Waals surface area (Å²) >= 11 is 0. The Kier molecular flexibility index (Phi) is 3.49. The quantitative estimate of drug-likeness (QED) is 0.798. The molecule has 2 unspecified atom stereocenters. The third kappa shape index (κ3) is 2.68. The molecule has 5 nitrogen and oxygen atoms in total. The third-order valence-electron chi connectivity index (χ3n) is 3.01. The van der Waals surface area contributed by atoms with E-state index in [0.29, 0.717) is 13.1 Å². The molecule has 0 spiro atoms. The smallest absolute Gasteiger partial charge is 0.234 e. The average molecular weight is 237 g/mol. The Morgan fingerprint density at radius 3 is 2.82 bits per heavy atom. The maximum absolute atomic E-state index is 11.4. The van der Waals surface area contributed by atoms with Crippen molar-refractivity contribution in [2.45, 2.75) is 25.9 Å². The van der Waals surface area contributed by atoms with E-state index in [9.17, 15) is 4.79 Å². The normalized spacial score (nSPS) is 21.0. The number of rotatable bonds is 3. The van der Waals surface area contributed by atoms with Gasteiger partial charge in [-0.15, -0.1) is 0 Å². The predicted molar refractivity (Wildman–Crippen MR) is 64.4 cm³/mol. The average Bonchev–Trinajstić information content (AvgIpc) is 2.64. The summed E-state index contributed by atoms with van der Waals surface area (Å²) in [6, 6.07) is 3.76. The van der Waals surface area contributed by atoms with Gasteiger partial charge in [-0.25, -0.2) is 0 Å². The lowest BCUT2D eigenvalue weighted by Crippen LogP contribution is -2.51. The highest BCUT2D eigenvalue weighted by Gasteiger charge is 2.30. The number of piperazine rings is 1. The monoisotopic (exact) mass is 237 g/mol. The number of hydrogen-bond acceptors (Lipinski definition) is 4. The van der Waals surface area contributed by atoms with Gasteiger partial charge in [0.25, 0.3) is 0 Å². The first-order valence-electron chi connectivity index (χ1n) is 5.90. The number of nitrogens with two attached hydrogens (primary N) is 1. The van der Waals surface area contributed by atoms with Gasteiger partial charge in [0.15, 0.2) is 0 Å². The maximum atomic E-state index is 11.4. The molecule has 1 aromatic heterocycles. The van der Waals surface area contributed by atoms with Gasteiger partial charge in [-0.05, 0) is 26.0 Å². The molecule has 2 atom stereocenters. The van der Waals surface area contributed by atoms with Gasteiger partial charge in [0.1, 0.15) is 11.5 Å². The molecule has 2 rings (SSSR count). The van der Waals surface area contributed by atoms with Gasteiger partial charge in [0.2, 0.25) is 5.91 Å². The van der Waals surface area contributed by atoms with Gasteiger partial charge in [-0.2, -0.15) is 0 Å². The van der Waals surface area contributed by atoms with Crippen molar-refractivity contribution >= 4 is 5.91 Å². The molecule has 0 aromatic carbocycles. The van der Waals surface area contributed by atoms with Crippen LogP contribution in [0.2, 0.25) is 0 Å². The molecule has 0 bridgehead atoms. The Labute approximate surface area is 101 Å². The summed E-state index contributed by atoms with van der Waals surface area (Å²) < 4.78 is 5.64. The van der Waals surface area contributed by atoms with Crippen molar-refractivity contribution in [1.82, 2.24) is 10.2 Å². The molecule has 0 saturated carbocycles. The predicted octanol–water partition coefficient (Wildman–Crippen LogP) is 0.408. The highest BCUT2D eigenvalue weighted by Crippen LogP contribution is 2.25. The fourth-order valence-corrected chi connectivity index (χ4v) is 2.28. The number of amides is 1. The molecular formula is C12H19N3O2. The van der Waals surface area contributed by atoms with Gasteiger partial charge < -0.3 is 15.5 Å². The Bertz CT molecular complexity index is 400. The highest BCUT2D eigenvalue weighted by atomic mass is 16.3. The van der Waals surface area contributed by atoms with Crippen LogP contribution in [-0.4, -0.2) is 36.5 Å². The Balaban J connectivity index is 2.19. The van der Waals surface area contributed by atoms with Crippen molar-refractivity contribution in [3.8, 4) is 0 Å². The van der Waals surface area contributed by atoms with E-state index in [0.717, 1.165) is 18.1 Å². The van der Waals surface area contributed by atoms with Crippen LogP contribution in [0.25, 0.3) is 0 Å². The van der Waals surface area contributed by atoms with Crippen LogP contribution in [0.5, 0.6) is 0 Å². The number of carbonyl (C=O) groups is 1. The van der Waals surface area contributed by atoms with Crippen LogP contribution in [0.4, 0.5) is 0 Å². The second-order valence-electron chi connectivity index (χ2n) is 4.57. The summed E-state index contributed by atoms with van der Waals surface area (Å²) in [6.45, 7) is 5.70.